The number of non-ortho nitro benzene ring substituents is 2. The van der Waals surface area contributed by atoms with E-state index in [2.05, 4.69) is 9.80 Å². The number of nitro groups is 2. The molecule has 8 heteroatoms. The molecule has 0 spiro atoms. The fourth-order valence-corrected chi connectivity index (χ4v) is 4.43. The maximum Gasteiger partial charge on any atom is 0.269 e. The van der Waals surface area contributed by atoms with Crippen molar-refractivity contribution >= 4 is 34.1 Å². The Morgan fingerprint density at radius 1 is 0.447 bits per heavy atom. The topological polar surface area (TPSA) is 92.8 Å². The minimum atomic E-state index is -0.383. The molecule has 0 amide bonds. The molecule has 38 heavy (non-hydrogen) atoms. The van der Waals surface area contributed by atoms with Crippen molar-refractivity contribution in [3.8, 4) is 0 Å². The summed E-state index contributed by atoms with van der Waals surface area (Å²) in [6, 6.07) is 33.5. The molecule has 0 aliphatic rings. The summed E-state index contributed by atoms with van der Waals surface area (Å²) in [5, 5.41) is 22.1. The van der Waals surface area contributed by atoms with Gasteiger partial charge in [0, 0.05) is 60.1 Å². The molecule has 4 aromatic rings. The molecule has 0 saturated carbocycles. The van der Waals surface area contributed by atoms with E-state index in [-0.39, 0.29) is 21.2 Å². The van der Waals surface area contributed by atoms with Gasteiger partial charge in [0.1, 0.15) is 0 Å². The van der Waals surface area contributed by atoms with Crippen molar-refractivity contribution in [2.75, 3.05) is 22.9 Å². The van der Waals surface area contributed by atoms with Gasteiger partial charge in [0.25, 0.3) is 11.4 Å². The highest BCUT2D eigenvalue weighted by atomic mass is 16.6. The first-order valence-corrected chi connectivity index (χ1v) is 12.7. The van der Waals surface area contributed by atoms with E-state index >= 15 is 0 Å². The van der Waals surface area contributed by atoms with Crippen LogP contribution in [-0.4, -0.2) is 22.9 Å². The molecule has 194 valence electrons. The smallest absolute Gasteiger partial charge is 0.269 e. The second-order valence-electron chi connectivity index (χ2n) is 8.94. The number of hydrogen-bond donors (Lipinski definition) is 0. The third kappa shape index (κ3) is 6.94. The van der Waals surface area contributed by atoms with Gasteiger partial charge < -0.3 is 9.80 Å². The zero-order valence-corrected chi connectivity index (χ0v) is 21.1. The molecule has 0 aliphatic carbocycles. The third-order valence-corrected chi connectivity index (χ3v) is 6.39. The molecule has 0 bridgehead atoms. The first-order valence-electron chi connectivity index (χ1n) is 12.7. The van der Waals surface area contributed by atoms with Gasteiger partial charge in [-0.2, -0.15) is 0 Å². The second-order valence-corrected chi connectivity index (χ2v) is 8.94. The van der Waals surface area contributed by atoms with Crippen molar-refractivity contribution in [2.45, 2.75) is 25.7 Å². The van der Waals surface area contributed by atoms with Gasteiger partial charge in [-0.05, 0) is 61.4 Å². The van der Waals surface area contributed by atoms with Crippen LogP contribution in [0.3, 0.4) is 0 Å². The molecule has 0 N–H and O–H groups in total. The molecule has 0 aromatic heterocycles. The van der Waals surface area contributed by atoms with Gasteiger partial charge in [-0.3, -0.25) is 20.2 Å². The zero-order chi connectivity index (χ0) is 26.7. The van der Waals surface area contributed by atoms with Crippen LogP contribution in [0.2, 0.25) is 0 Å². The Morgan fingerprint density at radius 2 is 0.763 bits per heavy atom. The Morgan fingerprint density at radius 3 is 1.08 bits per heavy atom. The quantitative estimate of drug-likeness (QED) is 0.103. The Hall–Kier alpha value is -4.72. The van der Waals surface area contributed by atoms with Gasteiger partial charge in [0.15, 0.2) is 0 Å². The van der Waals surface area contributed by atoms with Crippen molar-refractivity contribution in [1.29, 1.82) is 0 Å². The van der Waals surface area contributed by atoms with E-state index in [4.69, 9.17) is 0 Å². The Kier molecular flexibility index (Phi) is 9.02. The summed E-state index contributed by atoms with van der Waals surface area (Å²) >= 11 is 0. The first-order chi connectivity index (χ1) is 18.5. The van der Waals surface area contributed by atoms with Crippen LogP contribution in [0.15, 0.2) is 109 Å². The number of nitro benzene ring substituents is 2. The second kappa shape index (κ2) is 13.0. The molecule has 0 atom stereocenters. The lowest BCUT2D eigenvalue weighted by molar-refractivity contribution is -0.385. The molecule has 0 radical (unpaired) electrons. The van der Waals surface area contributed by atoms with Gasteiger partial charge in [0.2, 0.25) is 0 Å². The van der Waals surface area contributed by atoms with Crippen LogP contribution in [0.1, 0.15) is 25.7 Å². The van der Waals surface area contributed by atoms with E-state index in [0.29, 0.717) is 0 Å². The van der Waals surface area contributed by atoms with E-state index in [1.165, 1.54) is 0 Å². The van der Waals surface area contributed by atoms with Crippen molar-refractivity contribution in [3.63, 3.8) is 0 Å². The minimum absolute atomic E-state index is 0.0813. The zero-order valence-electron chi connectivity index (χ0n) is 21.1. The monoisotopic (exact) mass is 510 g/mol. The lowest BCUT2D eigenvalue weighted by Gasteiger charge is -2.26. The predicted molar refractivity (Wildman–Crippen MR) is 152 cm³/mol. The molecule has 8 nitrogen and oxygen atoms in total. The standard InChI is InChI=1S/C30H30N4O4/c35-33(36)29-19-15-27(16-20-29)31(25-11-5-3-6-12-25)23-9-1-2-10-24-32(26-13-7-4-8-14-26)28-17-21-30(22-18-28)34(37)38/h3-8,11-22H,1-2,9-10,23-24H2. The normalized spacial score (nSPS) is 10.6. The van der Waals surface area contributed by atoms with E-state index in [1.807, 2.05) is 60.7 Å². The Labute approximate surface area is 222 Å². The summed E-state index contributed by atoms with van der Waals surface area (Å²) in [7, 11) is 0. The lowest BCUT2D eigenvalue weighted by atomic mass is 10.1. The van der Waals surface area contributed by atoms with E-state index < -0.39 is 0 Å². The van der Waals surface area contributed by atoms with Gasteiger partial charge in [-0.25, -0.2) is 0 Å². The van der Waals surface area contributed by atoms with Crippen LogP contribution in [0.5, 0.6) is 0 Å². The van der Waals surface area contributed by atoms with E-state index in [0.717, 1.165) is 61.5 Å². The Bertz CT molecular complexity index is 1210. The van der Waals surface area contributed by atoms with Crippen LogP contribution in [0.25, 0.3) is 0 Å². The molecule has 0 fully saturated rings. The molecular formula is C30H30N4O4. The van der Waals surface area contributed by atoms with Crippen molar-refractivity contribution in [3.05, 3.63) is 129 Å². The number of hydrogen-bond acceptors (Lipinski definition) is 6. The first kappa shape index (κ1) is 26.3. The fraction of sp³-hybridized carbons (Fsp3) is 0.200. The van der Waals surface area contributed by atoms with Gasteiger partial charge in [-0.15, -0.1) is 0 Å². The number of rotatable bonds is 13. The summed E-state index contributed by atoms with van der Waals surface area (Å²) in [5.74, 6) is 0. The van der Waals surface area contributed by atoms with Crippen molar-refractivity contribution in [2.24, 2.45) is 0 Å². The van der Waals surface area contributed by atoms with Crippen LogP contribution in [0.4, 0.5) is 34.1 Å². The number of unbranched alkanes of at least 4 members (excludes halogenated alkanes) is 3. The highest BCUT2D eigenvalue weighted by Gasteiger charge is 2.13. The molecule has 0 heterocycles. The fourth-order valence-electron chi connectivity index (χ4n) is 4.43. The highest BCUT2D eigenvalue weighted by Crippen LogP contribution is 2.29. The molecule has 0 aliphatic heterocycles. The summed E-state index contributed by atoms with van der Waals surface area (Å²) in [4.78, 5) is 25.7. The van der Waals surface area contributed by atoms with Crippen LogP contribution in [0, 0.1) is 20.2 Å². The average Bonchev–Trinajstić information content (AvgIpc) is 2.96. The van der Waals surface area contributed by atoms with E-state index in [1.54, 1.807) is 48.5 Å². The SMILES string of the molecule is O=[N+]([O-])c1ccc(N(CCCCCCN(c2ccccc2)c2ccc([N+](=O)[O-])cc2)c2ccccc2)cc1. The van der Waals surface area contributed by atoms with Crippen molar-refractivity contribution in [1.82, 2.24) is 0 Å². The van der Waals surface area contributed by atoms with Gasteiger partial charge in [0.05, 0.1) is 9.85 Å². The van der Waals surface area contributed by atoms with Crippen LogP contribution in [-0.2, 0) is 0 Å². The number of nitrogens with zero attached hydrogens (tertiary/aromatic N) is 4. The minimum Gasteiger partial charge on any atom is -0.341 e. The molecule has 4 rings (SSSR count). The van der Waals surface area contributed by atoms with Gasteiger partial charge in [-0.1, -0.05) is 49.2 Å². The Balaban J connectivity index is 1.35. The maximum absolute atomic E-state index is 11.1. The molecule has 4 aromatic carbocycles. The van der Waals surface area contributed by atoms with E-state index in [9.17, 15) is 20.2 Å². The molecule has 0 unspecified atom stereocenters. The average molecular weight is 511 g/mol. The highest BCUT2D eigenvalue weighted by molar-refractivity contribution is 5.65. The van der Waals surface area contributed by atoms with Crippen LogP contribution >= 0.6 is 0 Å². The van der Waals surface area contributed by atoms with Crippen molar-refractivity contribution < 1.29 is 9.85 Å². The number of benzene rings is 4. The largest absolute Gasteiger partial charge is 0.341 e. The number of anilines is 4. The summed E-state index contributed by atoms with van der Waals surface area (Å²) < 4.78 is 0. The van der Waals surface area contributed by atoms with Crippen LogP contribution < -0.4 is 9.80 Å². The van der Waals surface area contributed by atoms with Gasteiger partial charge >= 0.3 is 0 Å². The summed E-state index contributed by atoms with van der Waals surface area (Å²) in [5.41, 5.74) is 4.12. The maximum atomic E-state index is 11.1. The third-order valence-electron chi connectivity index (χ3n) is 6.39. The summed E-state index contributed by atoms with van der Waals surface area (Å²) in [6.07, 6.45) is 3.99. The molecular weight excluding hydrogens is 480 g/mol. The summed E-state index contributed by atoms with van der Waals surface area (Å²) in [6.45, 7) is 1.60. The predicted octanol–water partition coefficient (Wildman–Crippen LogP) is 8.04. The lowest BCUT2D eigenvalue weighted by Crippen LogP contribution is -2.19. The number of para-hydroxylation sites is 2. The molecule has 0 saturated heterocycles.